The van der Waals surface area contributed by atoms with E-state index in [1.807, 2.05) is 24.3 Å². The zero-order chi connectivity index (χ0) is 13.2. The number of aromatic nitrogens is 1. The highest BCUT2D eigenvalue weighted by Gasteiger charge is 2.21. The number of aromatic carboxylic acids is 1. The molecule has 0 spiro atoms. The molecule has 0 radical (unpaired) electrons. The first kappa shape index (κ1) is 11.9. The molecule has 0 bridgehead atoms. The highest BCUT2D eigenvalue weighted by atomic mass is 16.4. The molecule has 0 amide bonds. The molecule has 1 aromatic heterocycles. The van der Waals surface area contributed by atoms with Crippen molar-refractivity contribution in [3.8, 4) is 0 Å². The smallest absolute Gasteiger partial charge is 0.339 e. The number of para-hydroxylation sites is 1. The van der Waals surface area contributed by atoms with Gasteiger partial charge in [0.25, 0.3) is 0 Å². The maximum atomic E-state index is 11.4. The van der Waals surface area contributed by atoms with Crippen LogP contribution in [0, 0.1) is 0 Å². The van der Waals surface area contributed by atoms with Crippen LogP contribution in [0.1, 0.15) is 10.4 Å². The number of nitrogens with zero attached hydrogens (tertiary/aromatic N) is 2. The van der Waals surface area contributed by atoms with E-state index in [4.69, 9.17) is 0 Å². The van der Waals surface area contributed by atoms with Gasteiger partial charge in [0.15, 0.2) is 0 Å². The van der Waals surface area contributed by atoms with Gasteiger partial charge >= 0.3 is 5.97 Å². The molecule has 2 heterocycles. The molecule has 1 fully saturated rings. The van der Waals surface area contributed by atoms with E-state index in [0.29, 0.717) is 0 Å². The topological polar surface area (TPSA) is 65.5 Å². The van der Waals surface area contributed by atoms with Gasteiger partial charge in [-0.25, -0.2) is 4.79 Å². The minimum Gasteiger partial charge on any atom is -0.478 e. The summed E-state index contributed by atoms with van der Waals surface area (Å²) in [6, 6.07) is 7.68. The third-order valence-electron chi connectivity index (χ3n) is 3.41. The predicted octanol–water partition coefficient (Wildman–Crippen LogP) is 1.34. The molecule has 0 aliphatic carbocycles. The van der Waals surface area contributed by atoms with Gasteiger partial charge < -0.3 is 15.3 Å². The van der Waals surface area contributed by atoms with Gasteiger partial charge in [0, 0.05) is 37.8 Å². The van der Waals surface area contributed by atoms with Crippen LogP contribution in [0.2, 0.25) is 0 Å². The number of carboxylic acid groups (broad SMARTS) is 1. The molecule has 1 aromatic carbocycles. The van der Waals surface area contributed by atoms with E-state index in [0.717, 1.165) is 42.8 Å². The summed E-state index contributed by atoms with van der Waals surface area (Å²) in [6.07, 6.45) is 1.46. The number of fused-ring (bicyclic) bond motifs is 1. The van der Waals surface area contributed by atoms with Gasteiger partial charge in [-0.05, 0) is 6.07 Å². The zero-order valence-corrected chi connectivity index (χ0v) is 10.5. The first-order chi connectivity index (χ1) is 9.27. The monoisotopic (exact) mass is 257 g/mol. The standard InChI is InChI=1S/C14H15N3O2/c18-14(19)11-9-16-12-4-2-1-3-10(12)13(11)17-7-5-15-6-8-17/h1-4,9,15H,5-8H2,(H,18,19). The molecule has 0 unspecified atom stereocenters. The Labute approximate surface area is 110 Å². The molecule has 1 saturated heterocycles. The third-order valence-corrected chi connectivity index (χ3v) is 3.41. The van der Waals surface area contributed by atoms with E-state index in [1.54, 1.807) is 0 Å². The summed E-state index contributed by atoms with van der Waals surface area (Å²) in [6.45, 7) is 3.37. The molecule has 98 valence electrons. The molecule has 5 heteroatoms. The second-order valence-corrected chi connectivity index (χ2v) is 4.58. The predicted molar refractivity (Wildman–Crippen MR) is 73.8 cm³/mol. The minimum atomic E-state index is -0.924. The maximum Gasteiger partial charge on any atom is 0.339 e. The second kappa shape index (κ2) is 4.85. The Balaban J connectivity index is 2.21. The van der Waals surface area contributed by atoms with Gasteiger partial charge in [-0.1, -0.05) is 18.2 Å². The normalized spacial score (nSPS) is 15.7. The van der Waals surface area contributed by atoms with E-state index in [1.165, 1.54) is 6.20 Å². The number of pyridine rings is 1. The lowest BCUT2D eigenvalue weighted by Crippen LogP contribution is -2.44. The largest absolute Gasteiger partial charge is 0.478 e. The Morgan fingerprint density at radius 3 is 2.74 bits per heavy atom. The summed E-state index contributed by atoms with van der Waals surface area (Å²) in [5, 5.41) is 13.6. The Hall–Kier alpha value is -2.14. The van der Waals surface area contributed by atoms with E-state index in [9.17, 15) is 9.90 Å². The number of carboxylic acids is 1. The quantitative estimate of drug-likeness (QED) is 0.850. The van der Waals surface area contributed by atoms with Crippen molar-refractivity contribution in [3.63, 3.8) is 0 Å². The molecule has 2 N–H and O–H groups in total. The molecule has 1 aliphatic rings. The molecule has 5 nitrogen and oxygen atoms in total. The minimum absolute atomic E-state index is 0.278. The highest BCUT2D eigenvalue weighted by molar-refractivity contribution is 6.04. The summed E-state index contributed by atoms with van der Waals surface area (Å²) in [4.78, 5) is 17.8. The van der Waals surface area contributed by atoms with E-state index >= 15 is 0 Å². The van der Waals surface area contributed by atoms with Crippen LogP contribution in [0.4, 0.5) is 5.69 Å². The summed E-state index contributed by atoms with van der Waals surface area (Å²) in [5.74, 6) is -0.924. The summed E-state index contributed by atoms with van der Waals surface area (Å²) >= 11 is 0. The molecule has 1 aliphatic heterocycles. The third kappa shape index (κ3) is 2.13. The van der Waals surface area contributed by atoms with E-state index in [2.05, 4.69) is 15.2 Å². The van der Waals surface area contributed by atoms with Crippen molar-refractivity contribution in [1.82, 2.24) is 10.3 Å². The van der Waals surface area contributed by atoms with Crippen molar-refractivity contribution in [2.75, 3.05) is 31.1 Å². The number of piperazine rings is 1. The molecule has 19 heavy (non-hydrogen) atoms. The molecular formula is C14H15N3O2. The fourth-order valence-electron chi connectivity index (χ4n) is 2.51. The van der Waals surface area contributed by atoms with Crippen molar-refractivity contribution in [3.05, 3.63) is 36.0 Å². The lowest BCUT2D eigenvalue weighted by atomic mass is 10.1. The van der Waals surface area contributed by atoms with Gasteiger partial charge in [0.1, 0.15) is 5.56 Å². The van der Waals surface area contributed by atoms with Gasteiger partial charge in [0.2, 0.25) is 0 Å². The Morgan fingerprint density at radius 2 is 2.00 bits per heavy atom. The van der Waals surface area contributed by atoms with Crippen molar-refractivity contribution in [2.24, 2.45) is 0 Å². The zero-order valence-electron chi connectivity index (χ0n) is 10.5. The first-order valence-electron chi connectivity index (χ1n) is 6.34. The number of anilines is 1. The van der Waals surface area contributed by atoms with Gasteiger partial charge in [0.05, 0.1) is 11.2 Å². The number of hydrogen-bond acceptors (Lipinski definition) is 4. The van der Waals surface area contributed by atoms with Crippen LogP contribution in [0.25, 0.3) is 10.9 Å². The Bertz CT molecular complexity index is 621. The fraction of sp³-hybridized carbons (Fsp3) is 0.286. The highest BCUT2D eigenvalue weighted by Crippen LogP contribution is 2.29. The number of hydrogen-bond donors (Lipinski definition) is 2. The van der Waals surface area contributed by atoms with Crippen molar-refractivity contribution >= 4 is 22.6 Å². The number of benzene rings is 1. The summed E-state index contributed by atoms with van der Waals surface area (Å²) in [5.41, 5.74) is 1.90. The first-order valence-corrected chi connectivity index (χ1v) is 6.34. The SMILES string of the molecule is O=C(O)c1cnc2ccccc2c1N1CCNCC1. The van der Waals surface area contributed by atoms with E-state index in [-0.39, 0.29) is 5.56 Å². The Kier molecular flexibility index (Phi) is 3.05. The summed E-state index contributed by atoms with van der Waals surface area (Å²) < 4.78 is 0. The molecule has 0 atom stereocenters. The van der Waals surface area contributed by atoms with E-state index < -0.39 is 5.97 Å². The average molecular weight is 257 g/mol. The maximum absolute atomic E-state index is 11.4. The lowest BCUT2D eigenvalue weighted by Gasteiger charge is -2.31. The van der Waals surface area contributed by atoms with Gasteiger partial charge in [-0.15, -0.1) is 0 Å². The van der Waals surface area contributed by atoms with Crippen molar-refractivity contribution in [1.29, 1.82) is 0 Å². The van der Waals surface area contributed by atoms with Crippen LogP contribution in [-0.4, -0.2) is 42.2 Å². The molecule has 0 saturated carbocycles. The second-order valence-electron chi connectivity index (χ2n) is 4.58. The van der Waals surface area contributed by atoms with Crippen LogP contribution in [-0.2, 0) is 0 Å². The summed E-state index contributed by atoms with van der Waals surface area (Å²) in [7, 11) is 0. The van der Waals surface area contributed by atoms with Crippen LogP contribution >= 0.6 is 0 Å². The number of rotatable bonds is 2. The lowest BCUT2D eigenvalue weighted by molar-refractivity contribution is 0.0697. The van der Waals surface area contributed by atoms with Gasteiger partial charge in [-0.3, -0.25) is 4.98 Å². The molecule has 3 rings (SSSR count). The van der Waals surface area contributed by atoms with Crippen LogP contribution < -0.4 is 10.2 Å². The molecule has 2 aromatic rings. The van der Waals surface area contributed by atoms with Gasteiger partial charge in [-0.2, -0.15) is 0 Å². The Morgan fingerprint density at radius 1 is 1.26 bits per heavy atom. The van der Waals surface area contributed by atoms with Crippen molar-refractivity contribution in [2.45, 2.75) is 0 Å². The number of carbonyl (C=O) groups is 1. The van der Waals surface area contributed by atoms with Crippen LogP contribution in [0.3, 0.4) is 0 Å². The fourth-order valence-corrected chi connectivity index (χ4v) is 2.51. The number of nitrogens with one attached hydrogen (secondary N) is 1. The van der Waals surface area contributed by atoms with Crippen LogP contribution in [0.15, 0.2) is 30.5 Å². The molecular weight excluding hydrogens is 242 g/mol. The average Bonchev–Trinajstić information content (AvgIpc) is 2.46. The van der Waals surface area contributed by atoms with Crippen molar-refractivity contribution < 1.29 is 9.90 Å². The van der Waals surface area contributed by atoms with Crippen LogP contribution in [0.5, 0.6) is 0 Å².